The fraction of sp³-hybridized carbons (Fsp3) is 0. The third kappa shape index (κ3) is 3.41. The molecule has 4 nitrogen and oxygen atoms in total. The molecule has 11 aromatic rings. The van der Waals surface area contributed by atoms with Crippen LogP contribution in [0.3, 0.4) is 0 Å². The molecule has 0 spiro atoms. The molecule has 0 unspecified atom stereocenters. The minimum absolute atomic E-state index is 0.580. The number of rotatable bonds is 2. The molecule has 0 N–H and O–H groups in total. The van der Waals surface area contributed by atoms with Crippen molar-refractivity contribution in [2.75, 3.05) is 0 Å². The van der Waals surface area contributed by atoms with Gasteiger partial charge in [0.15, 0.2) is 0 Å². The van der Waals surface area contributed by atoms with Crippen molar-refractivity contribution in [3.8, 4) is 17.2 Å². The second-order valence-electron chi connectivity index (χ2n) is 12.1. The van der Waals surface area contributed by atoms with Crippen LogP contribution in [0.1, 0.15) is 0 Å². The smallest absolute Gasteiger partial charge is 0.238 e. The maximum absolute atomic E-state index is 6.51. The first-order valence-corrected chi connectivity index (χ1v) is 16.6. The molecule has 0 saturated heterocycles. The van der Waals surface area contributed by atoms with Crippen LogP contribution in [0.2, 0.25) is 0 Å². The highest BCUT2D eigenvalue weighted by atomic mass is 32.1. The third-order valence-electron chi connectivity index (χ3n) is 9.60. The lowest BCUT2D eigenvalue weighted by Crippen LogP contribution is -2.03. The lowest BCUT2D eigenvalue weighted by molar-refractivity contribution is 0.651. The molecule has 0 aliphatic rings. The number of furan rings is 1. The summed E-state index contributed by atoms with van der Waals surface area (Å²) in [5.41, 5.74) is 5.44. The van der Waals surface area contributed by atoms with E-state index in [4.69, 9.17) is 14.4 Å². The molecule has 0 aliphatic heterocycles. The van der Waals surface area contributed by atoms with Gasteiger partial charge in [-0.1, -0.05) is 115 Å². The number of nitrogens with zero attached hydrogens (tertiary/aromatic N) is 3. The number of hydrogen-bond acceptors (Lipinski definition) is 4. The molecule has 0 bridgehead atoms. The quantitative estimate of drug-likeness (QED) is 0.194. The first-order chi connectivity index (χ1) is 23.3. The molecule has 0 radical (unpaired) electrons. The number of thiophene rings is 1. The molecule has 4 aromatic heterocycles. The van der Waals surface area contributed by atoms with E-state index < -0.39 is 0 Å². The average Bonchev–Trinajstić information content (AvgIpc) is 3.81. The Morgan fingerprint density at radius 3 is 2.13 bits per heavy atom. The summed E-state index contributed by atoms with van der Waals surface area (Å²) in [6.07, 6.45) is 0. The zero-order chi connectivity index (χ0) is 30.6. The van der Waals surface area contributed by atoms with Crippen LogP contribution in [-0.2, 0) is 0 Å². The fourth-order valence-electron chi connectivity index (χ4n) is 7.58. The highest BCUT2D eigenvalue weighted by molar-refractivity contribution is 7.27. The average molecular weight is 618 g/mol. The van der Waals surface area contributed by atoms with Crippen LogP contribution >= 0.6 is 11.3 Å². The summed E-state index contributed by atoms with van der Waals surface area (Å²) in [7, 11) is 0. The molecule has 4 heterocycles. The Kier molecular flexibility index (Phi) is 4.96. The summed E-state index contributed by atoms with van der Waals surface area (Å²) in [5.74, 6) is 0.593. The molecule has 7 aromatic carbocycles. The first kappa shape index (κ1) is 25.2. The lowest BCUT2D eigenvalue weighted by Gasteiger charge is -2.12. The predicted molar refractivity (Wildman–Crippen MR) is 197 cm³/mol. The maximum Gasteiger partial charge on any atom is 0.238 e. The molecule has 218 valence electrons. The van der Waals surface area contributed by atoms with Crippen molar-refractivity contribution in [2.45, 2.75) is 0 Å². The van der Waals surface area contributed by atoms with Crippen LogP contribution < -0.4 is 0 Å². The summed E-state index contributed by atoms with van der Waals surface area (Å²) in [6, 6.07) is 49.3. The van der Waals surface area contributed by atoms with Crippen LogP contribution in [0.4, 0.5) is 0 Å². The molecule has 5 heteroatoms. The van der Waals surface area contributed by atoms with Gasteiger partial charge >= 0.3 is 0 Å². The van der Waals surface area contributed by atoms with Gasteiger partial charge in [0, 0.05) is 52.7 Å². The molecule has 0 atom stereocenters. The van der Waals surface area contributed by atoms with E-state index in [1.165, 1.54) is 52.5 Å². The topological polar surface area (TPSA) is 43.9 Å². The van der Waals surface area contributed by atoms with E-state index in [-0.39, 0.29) is 0 Å². The van der Waals surface area contributed by atoms with Crippen molar-refractivity contribution in [1.29, 1.82) is 0 Å². The van der Waals surface area contributed by atoms with Crippen molar-refractivity contribution in [1.82, 2.24) is 14.5 Å². The minimum atomic E-state index is 0.580. The Morgan fingerprint density at radius 1 is 0.532 bits per heavy atom. The molecular formula is C42H23N3OS. The first-order valence-electron chi connectivity index (χ1n) is 15.8. The van der Waals surface area contributed by atoms with Gasteiger partial charge in [-0.05, 0) is 35.0 Å². The maximum atomic E-state index is 6.51. The monoisotopic (exact) mass is 617 g/mol. The van der Waals surface area contributed by atoms with Gasteiger partial charge in [-0.2, -0.15) is 4.98 Å². The molecule has 0 saturated carbocycles. The highest BCUT2D eigenvalue weighted by Crippen LogP contribution is 2.48. The van der Waals surface area contributed by atoms with Gasteiger partial charge in [-0.3, -0.25) is 4.57 Å². The zero-order valence-corrected chi connectivity index (χ0v) is 25.8. The second-order valence-corrected chi connectivity index (χ2v) is 13.2. The van der Waals surface area contributed by atoms with Gasteiger partial charge in [-0.25, -0.2) is 4.98 Å². The van der Waals surface area contributed by atoms with Crippen molar-refractivity contribution >= 4 is 96.9 Å². The Balaban J connectivity index is 1.35. The van der Waals surface area contributed by atoms with E-state index >= 15 is 0 Å². The normalized spacial score (nSPS) is 12.3. The number of para-hydroxylation sites is 2. The Morgan fingerprint density at radius 2 is 1.23 bits per heavy atom. The summed E-state index contributed by atoms with van der Waals surface area (Å²) < 4.78 is 11.4. The SMILES string of the molecule is c1ccc2cc(-c3nc(-n4c5ccccc5c5c6c7ccccc7sc6c6ccccc6c54)nc4oc5ccccc5c34)ccc2c1. The second kappa shape index (κ2) is 9.25. The fourth-order valence-corrected chi connectivity index (χ4v) is 8.83. The van der Waals surface area contributed by atoms with Gasteiger partial charge in [0.2, 0.25) is 11.7 Å². The van der Waals surface area contributed by atoms with Crippen LogP contribution in [0, 0.1) is 0 Å². The molecule has 11 rings (SSSR count). The number of benzene rings is 7. The van der Waals surface area contributed by atoms with Gasteiger partial charge in [0.25, 0.3) is 0 Å². The summed E-state index contributed by atoms with van der Waals surface area (Å²) in [6.45, 7) is 0. The molecular weight excluding hydrogens is 595 g/mol. The van der Waals surface area contributed by atoms with Gasteiger partial charge < -0.3 is 4.42 Å². The van der Waals surface area contributed by atoms with E-state index in [1.54, 1.807) is 0 Å². The largest absolute Gasteiger partial charge is 0.437 e. The van der Waals surface area contributed by atoms with Crippen molar-refractivity contribution < 1.29 is 4.42 Å². The van der Waals surface area contributed by atoms with Gasteiger partial charge in [-0.15, -0.1) is 11.3 Å². The van der Waals surface area contributed by atoms with Crippen LogP contribution in [0.15, 0.2) is 144 Å². The van der Waals surface area contributed by atoms with E-state index in [1.807, 2.05) is 29.5 Å². The summed E-state index contributed by atoms with van der Waals surface area (Å²) in [5, 5.41) is 11.7. The highest BCUT2D eigenvalue weighted by Gasteiger charge is 2.25. The van der Waals surface area contributed by atoms with Crippen molar-refractivity contribution in [3.05, 3.63) is 140 Å². The zero-order valence-electron chi connectivity index (χ0n) is 24.9. The molecule has 47 heavy (non-hydrogen) atoms. The predicted octanol–water partition coefficient (Wildman–Crippen LogP) is 11.8. The number of fused-ring (bicyclic) bond motifs is 14. The van der Waals surface area contributed by atoms with Crippen LogP contribution in [-0.4, -0.2) is 14.5 Å². The van der Waals surface area contributed by atoms with Crippen LogP contribution in [0.25, 0.3) is 103 Å². The number of aromatic nitrogens is 3. The minimum Gasteiger partial charge on any atom is -0.437 e. The summed E-state index contributed by atoms with van der Waals surface area (Å²) in [4.78, 5) is 10.7. The summed E-state index contributed by atoms with van der Waals surface area (Å²) >= 11 is 1.87. The third-order valence-corrected chi connectivity index (χ3v) is 10.8. The van der Waals surface area contributed by atoms with Crippen LogP contribution in [0.5, 0.6) is 0 Å². The Bertz CT molecular complexity index is 3090. The van der Waals surface area contributed by atoms with Crippen molar-refractivity contribution in [2.24, 2.45) is 0 Å². The Labute approximate surface area is 271 Å². The van der Waals surface area contributed by atoms with Crippen molar-refractivity contribution in [3.63, 3.8) is 0 Å². The van der Waals surface area contributed by atoms with E-state index in [2.05, 4.69) is 126 Å². The number of hydrogen-bond donors (Lipinski definition) is 0. The van der Waals surface area contributed by atoms with Gasteiger partial charge in [0.05, 0.1) is 22.1 Å². The van der Waals surface area contributed by atoms with E-state index in [0.717, 1.165) is 38.6 Å². The molecule has 0 amide bonds. The Hall–Kier alpha value is -6.04. The van der Waals surface area contributed by atoms with E-state index in [9.17, 15) is 0 Å². The standard InChI is InChI=1S/C42H23N3OS/c1-2-12-25-23-26(22-21-24(25)11-1)38-37-30-16-6-9-19-33(30)46-41(37)44-42(43-38)45-32-18-8-5-15-29(32)35-36-31-17-7-10-20-34(31)47-40(36)28-14-4-3-13-27(28)39(35)45/h1-23H. The van der Waals surface area contributed by atoms with E-state index in [0.29, 0.717) is 11.7 Å². The lowest BCUT2D eigenvalue weighted by atomic mass is 10.00. The molecule has 0 fully saturated rings. The molecule has 0 aliphatic carbocycles. The van der Waals surface area contributed by atoms with Gasteiger partial charge in [0.1, 0.15) is 5.58 Å².